The van der Waals surface area contributed by atoms with E-state index in [9.17, 15) is 14.3 Å². The summed E-state index contributed by atoms with van der Waals surface area (Å²) in [6.45, 7) is 6.32. The van der Waals surface area contributed by atoms with Gasteiger partial charge in [0.15, 0.2) is 6.04 Å². The number of hydrogen-bond donors (Lipinski definition) is 1. The first-order chi connectivity index (χ1) is 21.3. The number of fused-ring (bicyclic) bond motifs is 2. The molecule has 2 aliphatic rings. The van der Waals surface area contributed by atoms with Gasteiger partial charge in [-0.25, -0.2) is 14.2 Å². The number of ether oxygens (including phenoxy) is 1. The fraction of sp³-hybridized carbons (Fsp3) is 0.469. The van der Waals surface area contributed by atoms with Crippen LogP contribution in [0.3, 0.4) is 0 Å². The Labute approximate surface area is 266 Å². The van der Waals surface area contributed by atoms with Crippen molar-refractivity contribution in [3.05, 3.63) is 64.3 Å². The number of imidazole rings is 1. The van der Waals surface area contributed by atoms with Gasteiger partial charge in [-0.2, -0.15) is 5.10 Å². The molecule has 6 rings (SSSR count). The maximum Gasteiger partial charge on any atom is 0.337 e. The molecule has 2 aromatic carbocycles. The molecule has 9 nitrogen and oxygen atoms in total. The molecule has 1 unspecified atom stereocenters. The molecule has 1 N–H and O–H groups in total. The molecule has 1 fully saturated rings. The minimum absolute atomic E-state index is 0.173. The fourth-order valence-corrected chi connectivity index (χ4v) is 6.81. The number of likely N-dealkylation sites (N-methyl/N-ethyl adjacent to an activating group) is 1. The van der Waals surface area contributed by atoms with Crippen molar-refractivity contribution in [3.8, 4) is 11.1 Å². The topological polar surface area (TPSA) is 88.7 Å². The predicted octanol–water partition coefficient (Wildman–Crippen LogP) is 5.39. The van der Waals surface area contributed by atoms with Crippen molar-refractivity contribution in [2.45, 2.75) is 44.9 Å². The summed E-state index contributed by atoms with van der Waals surface area (Å²) < 4.78 is 22.8. The minimum Gasteiger partial charge on any atom is -0.464 e. The summed E-state index contributed by atoms with van der Waals surface area (Å²) in [4.78, 5) is 22.3. The van der Waals surface area contributed by atoms with Crippen molar-refractivity contribution in [1.82, 2.24) is 24.2 Å². The molecule has 2 aliphatic heterocycles. The van der Waals surface area contributed by atoms with E-state index < -0.39 is 18.2 Å². The first kappa shape index (κ1) is 30.8. The van der Waals surface area contributed by atoms with Crippen LogP contribution >= 0.6 is 23.2 Å². The summed E-state index contributed by atoms with van der Waals surface area (Å²) in [6.07, 6.45) is 4.47. The molecule has 1 saturated heterocycles. The number of nitrogens with zero attached hydrogens (tertiary/aromatic N) is 6. The summed E-state index contributed by atoms with van der Waals surface area (Å²) in [5, 5.41) is 15.6. The summed E-state index contributed by atoms with van der Waals surface area (Å²) in [7, 11) is 2.08. The Morgan fingerprint density at radius 1 is 1.23 bits per heavy atom. The van der Waals surface area contributed by atoms with E-state index in [1.54, 1.807) is 24.0 Å². The van der Waals surface area contributed by atoms with Gasteiger partial charge in [0.05, 0.1) is 35.2 Å². The molecule has 4 aromatic rings. The molecule has 12 heteroatoms. The molecule has 0 amide bonds. The van der Waals surface area contributed by atoms with E-state index in [1.165, 1.54) is 4.68 Å². The van der Waals surface area contributed by atoms with Crippen LogP contribution in [0.4, 0.5) is 10.1 Å². The molecule has 44 heavy (non-hydrogen) atoms. The zero-order valence-electron chi connectivity index (χ0n) is 24.9. The number of esters is 1. The van der Waals surface area contributed by atoms with Gasteiger partial charge in [-0.15, -0.1) is 0 Å². The fourth-order valence-electron chi connectivity index (χ4n) is 6.26. The zero-order valence-corrected chi connectivity index (χ0v) is 26.4. The van der Waals surface area contributed by atoms with Gasteiger partial charge in [-0.3, -0.25) is 4.68 Å². The standard InChI is InChI=1S/C32H37Cl2FN6O3/c1-3-44-32(43)31(30-27-14-22(35)16-40(27)19-36-30)41-17-25-26(33)15-24(28(34)29(25)37-41)21-4-6-23(7-5-21)38(2)12-13-39-10-8-20(18-42)9-11-39/h4-7,15,17,19-20,22,31,42H,3,8-14,16,18H2,1-2H3/t22-,31?/m1/s1. The maximum absolute atomic E-state index is 14.2. The highest BCUT2D eigenvalue weighted by atomic mass is 35.5. The van der Waals surface area contributed by atoms with Crippen molar-refractivity contribution < 1.29 is 19.0 Å². The van der Waals surface area contributed by atoms with E-state index in [0.29, 0.717) is 38.3 Å². The number of rotatable bonds is 10. The quantitative estimate of drug-likeness (QED) is 0.232. The van der Waals surface area contributed by atoms with E-state index >= 15 is 0 Å². The third kappa shape index (κ3) is 6.05. The van der Waals surface area contributed by atoms with Crippen molar-refractivity contribution in [2.75, 3.05) is 51.3 Å². The number of benzene rings is 2. The molecule has 2 atom stereocenters. The van der Waals surface area contributed by atoms with Crippen LogP contribution in [0.2, 0.25) is 10.0 Å². The van der Waals surface area contributed by atoms with Gasteiger partial charge in [0.25, 0.3) is 0 Å². The number of aliphatic hydroxyl groups is 1. The molecule has 0 radical (unpaired) electrons. The van der Waals surface area contributed by atoms with Crippen LogP contribution in [0, 0.1) is 5.92 Å². The number of alkyl halides is 1. The van der Waals surface area contributed by atoms with Gasteiger partial charge in [0, 0.05) is 61.7 Å². The predicted molar refractivity (Wildman–Crippen MR) is 170 cm³/mol. The third-order valence-electron chi connectivity index (χ3n) is 8.86. The van der Waals surface area contributed by atoms with Gasteiger partial charge in [0.1, 0.15) is 11.7 Å². The Morgan fingerprint density at radius 3 is 2.68 bits per heavy atom. The lowest BCUT2D eigenvalue weighted by Gasteiger charge is -2.32. The monoisotopic (exact) mass is 642 g/mol. The van der Waals surface area contributed by atoms with Crippen LogP contribution in [0.25, 0.3) is 22.0 Å². The Balaban J connectivity index is 1.24. The summed E-state index contributed by atoms with van der Waals surface area (Å²) >= 11 is 13.7. The number of piperidine rings is 1. The lowest BCUT2D eigenvalue weighted by Crippen LogP contribution is -2.39. The molecule has 234 valence electrons. The number of hydrogen-bond acceptors (Lipinski definition) is 7. The molecule has 0 bridgehead atoms. The zero-order chi connectivity index (χ0) is 31.0. The number of likely N-dealkylation sites (tertiary alicyclic amines) is 1. The molecule has 2 aromatic heterocycles. The van der Waals surface area contributed by atoms with Crippen molar-refractivity contribution in [2.24, 2.45) is 5.92 Å². The first-order valence-electron chi connectivity index (χ1n) is 15.1. The van der Waals surface area contributed by atoms with Crippen LogP contribution in [-0.4, -0.2) is 87.9 Å². The highest BCUT2D eigenvalue weighted by molar-refractivity contribution is 6.42. The van der Waals surface area contributed by atoms with Crippen LogP contribution in [0.5, 0.6) is 0 Å². The van der Waals surface area contributed by atoms with Crippen molar-refractivity contribution in [1.29, 1.82) is 0 Å². The number of anilines is 1. The molecule has 0 aliphatic carbocycles. The van der Waals surface area contributed by atoms with Gasteiger partial charge < -0.3 is 24.2 Å². The number of carbonyl (C=O) groups excluding carboxylic acids is 1. The Kier molecular flexibility index (Phi) is 9.14. The molecular formula is C32H37Cl2FN6O3. The second-order valence-electron chi connectivity index (χ2n) is 11.7. The van der Waals surface area contributed by atoms with Crippen molar-refractivity contribution >= 4 is 45.8 Å². The van der Waals surface area contributed by atoms with Gasteiger partial charge in [-0.1, -0.05) is 35.3 Å². The number of halogens is 3. The van der Waals surface area contributed by atoms with Crippen LogP contribution in [0.1, 0.15) is 37.2 Å². The summed E-state index contributed by atoms with van der Waals surface area (Å²) in [6, 6.07) is 8.97. The van der Waals surface area contributed by atoms with Crippen LogP contribution in [0.15, 0.2) is 42.9 Å². The van der Waals surface area contributed by atoms with E-state index in [4.69, 9.17) is 33.0 Å². The van der Waals surface area contributed by atoms with Gasteiger partial charge in [-0.05, 0) is 62.5 Å². The number of carbonyl (C=O) groups is 1. The lowest BCUT2D eigenvalue weighted by molar-refractivity contribution is -0.146. The van der Waals surface area contributed by atoms with E-state index in [-0.39, 0.29) is 26.2 Å². The molecular weight excluding hydrogens is 606 g/mol. The maximum atomic E-state index is 14.2. The van der Waals surface area contributed by atoms with E-state index in [2.05, 4.69) is 34.0 Å². The average molecular weight is 644 g/mol. The van der Waals surface area contributed by atoms with Crippen LogP contribution in [-0.2, 0) is 22.5 Å². The number of aliphatic hydroxyl groups excluding tert-OH is 1. The largest absolute Gasteiger partial charge is 0.464 e. The molecule has 4 heterocycles. The SMILES string of the molecule is CCOC(=O)C(c1ncn2c1C[C@@H](F)C2)n1cc2c(Cl)cc(-c3ccc(N(C)CCN4CCC(CO)CC4)cc3)c(Cl)c2n1. The Morgan fingerprint density at radius 2 is 1.98 bits per heavy atom. The molecule has 0 spiro atoms. The highest BCUT2D eigenvalue weighted by Gasteiger charge is 2.35. The van der Waals surface area contributed by atoms with Gasteiger partial charge in [0.2, 0.25) is 0 Å². The Bertz CT molecular complexity index is 1630. The lowest BCUT2D eigenvalue weighted by atomic mass is 9.98. The second-order valence-corrected chi connectivity index (χ2v) is 12.5. The second kappa shape index (κ2) is 13.0. The first-order valence-corrected chi connectivity index (χ1v) is 15.9. The molecule has 0 saturated carbocycles. The van der Waals surface area contributed by atoms with Gasteiger partial charge >= 0.3 is 5.97 Å². The normalized spacial score (nSPS) is 18.1. The third-order valence-corrected chi connectivity index (χ3v) is 9.56. The average Bonchev–Trinajstić information content (AvgIpc) is 3.74. The smallest absolute Gasteiger partial charge is 0.337 e. The van der Waals surface area contributed by atoms with Crippen molar-refractivity contribution in [3.63, 3.8) is 0 Å². The Hall–Kier alpha value is -3.18. The van der Waals surface area contributed by atoms with E-state index in [1.807, 2.05) is 18.2 Å². The summed E-state index contributed by atoms with van der Waals surface area (Å²) in [5.41, 5.74) is 4.23. The van der Waals surface area contributed by atoms with Crippen LogP contribution < -0.4 is 4.90 Å². The van der Waals surface area contributed by atoms with E-state index in [0.717, 1.165) is 55.8 Å². The highest BCUT2D eigenvalue weighted by Crippen LogP contribution is 2.40. The summed E-state index contributed by atoms with van der Waals surface area (Å²) in [5.74, 6) is -0.0995. The number of aromatic nitrogens is 4. The minimum atomic E-state index is -1.03.